The number of likely N-dealkylation sites (tertiary alicyclic amines) is 1. The van der Waals surface area contributed by atoms with Crippen molar-refractivity contribution in [2.75, 3.05) is 26.0 Å². The SMILES string of the molecule is C=CC(=O)N1C[C@@H](n2nc(C#Cc3cc4[nH]cnc4cc3Cl)c(C(N)=O)c2NC)C/C1=C\OC. The van der Waals surface area contributed by atoms with Gasteiger partial charge in [0.05, 0.1) is 41.2 Å². The first kappa shape index (κ1) is 22.9. The highest BCUT2D eigenvalue weighted by Gasteiger charge is 2.35. The summed E-state index contributed by atoms with van der Waals surface area (Å²) in [6.07, 6.45) is 4.75. The summed E-state index contributed by atoms with van der Waals surface area (Å²) in [4.78, 5) is 33.4. The van der Waals surface area contributed by atoms with Crippen molar-refractivity contribution in [3.8, 4) is 11.8 Å². The van der Waals surface area contributed by atoms with Gasteiger partial charge in [-0.3, -0.25) is 9.59 Å². The van der Waals surface area contributed by atoms with Crippen LogP contribution in [0.15, 0.2) is 43.1 Å². The molecular weight excluding hydrogens is 458 g/mol. The van der Waals surface area contributed by atoms with Crippen LogP contribution < -0.4 is 11.1 Å². The van der Waals surface area contributed by atoms with Gasteiger partial charge in [0.1, 0.15) is 17.6 Å². The van der Waals surface area contributed by atoms with Crippen LogP contribution >= 0.6 is 11.6 Å². The molecule has 1 fully saturated rings. The molecule has 174 valence electrons. The van der Waals surface area contributed by atoms with Crippen molar-refractivity contribution >= 4 is 40.3 Å². The maximum Gasteiger partial charge on any atom is 0.255 e. The highest BCUT2D eigenvalue weighted by molar-refractivity contribution is 6.32. The van der Waals surface area contributed by atoms with Gasteiger partial charge >= 0.3 is 0 Å². The van der Waals surface area contributed by atoms with Crippen molar-refractivity contribution in [1.29, 1.82) is 0 Å². The molecule has 3 heterocycles. The molecule has 1 atom stereocenters. The van der Waals surface area contributed by atoms with Crippen molar-refractivity contribution in [3.05, 3.63) is 64.9 Å². The Hall–Kier alpha value is -4.23. The molecular formula is C23H22ClN7O3. The molecule has 0 radical (unpaired) electrons. The number of hydrogen-bond donors (Lipinski definition) is 3. The Morgan fingerprint density at radius 3 is 2.88 bits per heavy atom. The summed E-state index contributed by atoms with van der Waals surface area (Å²) in [6, 6.07) is 3.19. The van der Waals surface area contributed by atoms with Crippen molar-refractivity contribution < 1.29 is 14.3 Å². The fraction of sp³-hybridized carbons (Fsp3) is 0.217. The Morgan fingerprint density at radius 1 is 1.41 bits per heavy atom. The number of amides is 2. The minimum atomic E-state index is -0.681. The molecule has 0 aliphatic carbocycles. The number of primary amides is 1. The fourth-order valence-corrected chi connectivity index (χ4v) is 4.14. The number of ether oxygens (including phenoxy) is 1. The molecule has 1 saturated heterocycles. The van der Waals surface area contributed by atoms with Gasteiger partial charge in [-0.1, -0.05) is 24.1 Å². The van der Waals surface area contributed by atoms with E-state index in [0.29, 0.717) is 35.1 Å². The average Bonchev–Trinajstić information content (AvgIpc) is 3.53. The number of halogens is 1. The van der Waals surface area contributed by atoms with Gasteiger partial charge in [-0.15, -0.1) is 0 Å². The molecule has 4 rings (SSSR count). The number of nitrogens with two attached hydrogens (primary N) is 1. The predicted octanol–water partition coefficient (Wildman–Crippen LogP) is 2.40. The topological polar surface area (TPSA) is 131 Å². The maximum atomic E-state index is 12.3. The number of nitrogens with one attached hydrogen (secondary N) is 2. The zero-order chi connectivity index (χ0) is 24.4. The number of carbonyl (C=O) groups excluding carboxylic acids is 2. The average molecular weight is 480 g/mol. The molecule has 0 saturated carbocycles. The van der Waals surface area contributed by atoms with Crippen LogP contribution in [0.5, 0.6) is 0 Å². The number of nitrogens with zero attached hydrogens (tertiary/aromatic N) is 4. The van der Waals surface area contributed by atoms with Gasteiger partial charge in [0.25, 0.3) is 5.91 Å². The first-order valence-corrected chi connectivity index (χ1v) is 10.7. The first-order valence-electron chi connectivity index (χ1n) is 10.3. The second-order valence-electron chi connectivity index (χ2n) is 7.49. The van der Waals surface area contributed by atoms with E-state index >= 15 is 0 Å². The van der Waals surface area contributed by atoms with E-state index in [2.05, 4.69) is 38.8 Å². The first-order chi connectivity index (χ1) is 16.4. The highest BCUT2D eigenvalue weighted by atomic mass is 35.5. The third-order valence-electron chi connectivity index (χ3n) is 5.44. The monoisotopic (exact) mass is 479 g/mol. The van der Waals surface area contributed by atoms with Crippen LogP contribution in [0.25, 0.3) is 11.0 Å². The molecule has 11 heteroatoms. The molecule has 1 aliphatic heterocycles. The lowest BCUT2D eigenvalue weighted by molar-refractivity contribution is -0.123. The molecule has 3 aromatic rings. The van der Waals surface area contributed by atoms with Crippen molar-refractivity contribution in [3.63, 3.8) is 0 Å². The van der Waals surface area contributed by atoms with Crippen LogP contribution in [-0.4, -0.2) is 57.2 Å². The molecule has 34 heavy (non-hydrogen) atoms. The van der Waals surface area contributed by atoms with Gasteiger partial charge in [-0.05, 0) is 24.1 Å². The van der Waals surface area contributed by atoms with E-state index in [1.54, 1.807) is 35.1 Å². The third-order valence-corrected chi connectivity index (χ3v) is 5.76. The maximum absolute atomic E-state index is 12.3. The number of rotatable bonds is 5. The second kappa shape index (κ2) is 9.33. The molecule has 1 aromatic carbocycles. The standard InChI is InChI=1S/C23H22ClN7O3/c1-4-20(32)30-10-14(8-15(30)11-34-3)31-23(26-2)21(22(25)33)17(29-31)6-5-13-7-18-19(9-16(13)24)28-12-27-18/h4,7,9,11-12,14,26H,1,8,10H2,2-3H3,(H2,25,33)(H,27,28)/b15-11+/t14-/m0/s1. The second-order valence-corrected chi connectivity index (χ2v) is 7.90. The van der Waals surface area contributed by atoms with Crippen LogP contribution in [0, 0.1) is 11.8 Å². The van der Waals surface area contributed by atoms with E-state index in [4.69, 9.17) is 22.1 Å². The lowest BCUT2D eigenvalue weighted by atomic mass is 10.1. The number of hydrogen-bond acceptors (Lipinski definition) is 6. The summed E-state index contributed by atoms with van der Waals surface area (Å²) in [5.41, 5.74) is 8.75. The summed E-state index contributed by atoms with van der Waals surface area (Å²) in [5.74, 6) is 5.37. The Kier molecular flexibility index (Phi) is 6.30. The fourth-order valence-electron chi connectivity index (χ4n) is 3.94. The summed E-state index contributed by atoms with van der Waals surface area (Å²) in [7, 11) is 3.17. The zero-order valence-corrected chi connectivity index (χ0v) is 19.3. The van der Waals surface area contributed by atoms with Gasteiger partial charge in [0.2, 0.25) is 5.91 Å². The summed E-state index contributed by atoms with van der Waals surface area (Å²) in [5, 5.41) is 8.00. The van der Waals surface area contributed by atoms with Crippen LogP contribution in [0.2, 0.25) is 5.02 Å². The van der Waals surface area contributed by atoms with Gasteiger partial charge in [0, 0.05) is 25.6 Å². The van der Waals surface area contributed by atoms with E-state index in [1.165, 1.54) is 19.4 Å². The molecule has 1 aliphatic rings. The van der Waals surface area contributed by atoms with E-state index in [0.717, 1.165) is 11.0 Å². The Balaban J connectivity index is 1.77. The largest absolute Gasteiger partial charge is 0.503 e. The number of carbonyl (C=O) groups is 2. The van der Waals surface area contributed by atoms with Crippen LogP contribution in [0.4, 0.5) is 5.82 Å². The number of imidazole rings is 1. The van der Waals surface area contributed by atoms with Crippen molar-refractivity contribution in [2.45, 2.75) is 12.5 Å². The molecule has 10 nitrogen and oxygen atoms in total. The molecule has 0 spiro atoms. The minimum absolute atomic E-state index is 0.152. The number of methoxy groups -OCH3 is 1. The van der Waals surface area contributed by atoms with Gasteiger partial charge in [-0.25, -0.2) is 9.67 Å². The van der Waals surface area contributed by atoms with Crippen molar-refractivity contribution in [1.82, 2.24) is 24.6 Å². The molecule has 0 unspecified atom stereocenters. The van der Waals surface area contributed by atoms with Crippen LogP contribution in [-0.2, 0) is 9.53 Å². The van der Waals surface area contributed by atoms with Gasteiger partial charge in [-0.2, -0.15) is 5.10 Å². The van der Waals surface area contributed by atoms with Crippen LogP contribution in [0.3, 0.4) is 0 Å². The Labute approximate surface area is 200 Å². The number of fused-ring (bicyclic) bond motifs is 1. The number of aromatic amines is 1. The molecule has 2 aromatic heterocycles. The lowest BCUT2D eigenvalue weighted by Crippen LogP contribution is -2.27. The quantitative estimate of drug-likeness (QED) is 0.292. The number of H-pyrrole nitrogens is 1. The Bertz CT molecular complexity index is 1390. The third kappa shape index (κ3) is 4.09. The van der Waals surface area contributed by atoms with E-state index in [-0.39, 0.29) is 23.2 Å². The molecule has 4 N–H and O–H groups in total. The van der Waals surface area contributed by atoms with E-state index in [1.807, 2.05) is 0 Å². The zero-order valence-electron chi connectivity index (χ0n) is 18.6. The number of anilines is 1. The van der Waals surface area contributed by atoms with E-state index < -0.39 is 5.91 Å². The van der Waals surface area contributed by atoms with Crippen molar-refractivity contribution in [2.24, 2.45) is 5.73 Å². The van der Waals surface area contributed by atoms with Gasteiger partial charge < -0.3 is 25.7 Å². The highest BCUT2D eigenvalue weighted by Crippen LogP contribution is 2.34. The predicted molar refractivity (Wildman–Crippen MR) is 128 cm³/mol. The molecule has 2 amide bonds. The Morgan fingerprint density at radius 2 is 2.21 bits per heavy atom. The van der Waals surface area contributed by atoms with Gasteiger partial charge in [0.15, 0.2) is 5.69 Å². The number of aromatic nitrogens is 4. The normalized spacial score (nSPS) is 16.4. The number of benzene rings is 1. The van der Waals surface area contributed by atoms with Crippen LogP contribution in [0.1, 0.15) is 34.1 Å². The minimum Gasteiger partial charge on any atom is -0.503 e. The lowest BCUT2D eigenvalue weighted by Gasteiger charge is -2.16. The summed E-state index contributed by atoms with van der Waals surface area (Å²) < 4.78 is 6.76. The molecule has 0 bridgehead atoms. The summed E-state index contributed by atoms with van der Waals surface area (Å²) >= 11 is 6.35. The number of allylic oxidation sites excluding steroid dienone is 1. The van der Waals surface area contributed by atoms with E-state index in [9.17, 15) is 9.59 Å². The summed E-state index contributed by atoms with van der Waals surface area (Å²) in [6.45, 7) is 3.87. The smallest absolute Gasteiger partial charge is 0.255 e.